The predicted octanol–water partition coefficient (Wildman–Crippen LogP) is 5.64. The molecule has 0 aromatic heterocycles. The van der Waals surface area contributed by atoms with Gasteiger partial charge >= 0.3 is 0 Å². The van der Waals surface area contributed by atoms with Crippen LogP contribution in [0.2, 0.25) is 0 Å². The molecular formula is C19H35N. The van der Waals surface area contributed by atoms with Gasteiger partial charge in [0.05, 0.1) is 0 Å². The van der Waals surface area contributed by atoms with Crippen LogP contribution in [-0.2, 0) is 0 Å². The molecule has 1 aromatic carbocycles. The summed E-state index contributed by atoms with van der Waals surface area (Å²) in [5.74, 6) is 0.903. The van der Waals surface area contributed by atoms with Gasteiger partial charge in [0.2, 0.25) is 0 Å². The maximum atomic E-state index is 2.43. The Bertz CT molecular complexity index is 324. The molecule has 1 aliphatic carbocycles. The molecule has 2 rings (SSSR count). The minimum Gasteiger partial charge on any atom is -0.304 e. The van der Waals surface area contributed by atoms with Gasteiger partial charge in [0.15, 0.2) is 0 Å². The van der Waals surface area contributed by atoms with Gasteiger partial charge in [0.1, 0.15) is 0 Å². The monoisotopic (exact) mass is 277 g/mol. The van der Waals surface area contributed by atoms with Crippen LogP contribution >= 0.6 is 0 Å². The van der Waals surface area contributed by atoms with Crippen molar-refractivity contribution in [2.45, 2.75) is 66.7 Å². The second-order valence-corrected chi connectivity index (χ2v) is 5.22. The number of nitrogens with zero attached hydrogens (tertiary/aromatic N) is 1. The van der Waals surface area contributed by atoms with Crippen LogP contribution in [0.25, 0.3) is 0 Å². The van der Waals surface area contributed by atoms with E-state index in [2.05, 4.69) is 56.9 Å². The van der Waals surface area contributed by atoms with Crippen LogP contribution in [0.15, 0.2) is 24.3 Å². The van der Waals surface area contributed by atoms with Crippen molar-refractivity contribution in [1.82, 2.24) is 4.90 Å². The van der Waals surface area contributed by atoms with Crippen LogP contribution in [-0.4, -0.2) is 24.5 Å². The Hall–Kier alpha value is -0.820. The van der Waals surface area contributed by atoms with E-state index in [-0.39, 0.29) is 0 Å². The molecule has 1 heteroatoms. The fraction of sp³-hybridized carbons (Fsp3) is 0.684. The molecule has 0 aliphatic heterocycles. The highest BCUT2D eigenvalue weighted by atomic mass is 15.1. The Morgan fingerprint density at radius 3 is 2.00 bits per heavy atom. The molecule has 1 aliphatic rings. The molecular weight excluding hydrogens is 242 g/mol. The molecule has 0 atom stereocenters. The Kier molecular flexibility index (Phi) is 11.5. The Morgan fingerprint density at radius 2 is 1.65 bits per heavy atom. The zero-order valence-corrected chi connectivity index (χ0v) is 14.6. The average Bonchev–Trinajstić information content (AvgIpc) is 3.32. The SMILES string of the molecule is CC.CCCN(CC)CC.Cc1cccc(C2CC2)c1. The number of hydrogen-bond donors (Lipinski definition) is 0. The fourth-order valence-electron chi connectivity index (χ4n) is 2.20. The highest BCUT2D eigenvalue weighted by molar-refractivity contribution is 5.28. The average molecular weight is 277 g/mol. The van der Waals surface area contributed by atoms with E-state index in [1.54, 1.807) is 5.56 Å². The van der Waals surface area contributed by atoms with Gasteiger partial charge in [-0.1, -0.05) is 64.4 Å². The van der Waals surface area contributed by atoms with Crippen molar-refractivity contribution in [3.8, 4) is 0 Å². The van der Waals surface area contributed by atoms with Gasteiger partial charge in [-0.2, -0.15) is 0 Å². The molecule has 0 spiro atoms. The highest BCUT2D eigenvalue weighted by Crippen LogP contribution is 2.39. The van der Waals surface area contributed by atoms with E-state index in [1.807, 2.05) is 13.8 Å². The van der Waals surface area contributed by atoms with E-state index in [4.69, 9.17) is 0 Å². The van der Waals surface area contributed by atoms with Gasteiger partial charge < -0.3 is 4.90 Å². The zero-order valence-electron chi connectivity index (χ0n) is 14.6. The van der Waals surface area contributed by atoms with Crippen molar-refractivity contribution in [3.05, 3.63) is 35.4 Å². The first kappa shape index (κ1) is 19.2. The largest absolute Gasteiger partial charge is 0.304 e. The molecule has 0 heterocycles. The Balaban J connectivity index is 0.000000330. The van der Waals surface area contributed by atoms with Gasteiger partial charge in [0, 0.05) is 0 Å². The van der Waals surface area contributed by atoms with Gasteiger partial charge in [-0.25, -0.2) is 0 Å². The minimum absolute atomic E-state index is 0.903. The molecule has 1 aromatic rings. The van der Waals surface area contributed by atoms with Crippen molar-refractivity contribution in [1.29, 1.82) is 0 Å². The summed E-state index contributed by atoms with van der Waals surface area (Å²) in [6.07, 6.45) is 4.09. The van der Waals surface area contributed by atoms with Gasteiger partial charge in [0.25, 0.3) is 0 Å². The fourth-order valence-corrected chi connectivity index (χ4v) is 2.20. The summed E-state index contributed by atoms with van der Waals surface area (Å²) >= 11 is 0. The van der Waals surface area contributed by atoms with Gasteiger partial charge in [-0.05, 0) is 57.3 Å². The third-order valence-electron chi connectivity index (χ3n) is 3.53. The maximum Gasteiger partial charge on any atom is -0.00216 e. The molecule has 116 valence electrons. The molecule has 1 fully saturated rings. The molecule has 0 unspecified atom stereocenters. The van der Waals surface area contributed by atoms with Crippen LogP contribution in [0.1, 0.15) is 70.9 Å². The van der Waals surface area contributed by atoms with E-state index in [0.29, 0.717) is 0 Å². The second-order valence-electron chi connectivity index (χ2n) is 5.22. The zero-order chi connectivity index (χ0) is 15.4. The van der Waals surface area contributed by atoms with Crippen LogP contribution in [0, 0.1) is 6.92 Å². The summed E-state index contributed by atoms with van der Waals surface area (Å²) in [4.78, 5) is 2.43. The Morgan fingerprint density at radius 1 is 1.05 bits per heavy atom. The van der Waals surface area contributed by atoms with Crippen molar-refractivity contribution in [3.63, 3.8) is 0 Å². The van der Waals surface area contributed by atoms with Crippen LogP contribution in [0.4, 0.5) is 0 Å². The lowest BCUT2D eigenvalue weighted by Crippen LogP contribution is -2.23. The normalized spacial score (nSPS) is 13.2. The third-order valence-corrected chi connectivity index (χ3v) is 3.53. The maximum absolute atomic E-state index is 2.43. The molecule has 0 radical (unpaired) electrons. The molecule has 0 amide bonds. The first-order valence-corrected chi connectivity index (χ1v) is 8.50. The van der Waals surface area contributed by atoms with Crippen molar-refractivity contribution < 1.29 is 0 Å². The predicted molar refractivity (Wildman–Crippen MR) is 92.6 cm³/mol. The minimum atomic E-state index is 0.903. The van der Waals surface area contributed by atoms with Gasteiger partial charge in [-0.15, -0.1) is 0 Å². The lowest BCUT2D eigenvalue weighted by Gasteiger charge is -2.15. The summed E-state index contributed by atoms with van der Waals surface area (Å²) < 4.78 is 0. The second kappa shape index (κ2) is 12.0. The number of benzene rings is 1. The summed E-state index contributed by atoms with van der Waals surface area (Å²) in [6, 6.07) is 8.86. The van der Waals surface area contributed by atoms with Crippen molar-refractivity contribution in [2.24, 2.45) is 0 Å². The molecule has 20 heavy (non-hydrogen) atoms. The van der Waals surface area contributed by atoms with Crippen molar-refractivity contribution >= 4 is 0 Å². The highest BCUT2D eigenvalue weighted by Gasteiger charge is 2.22. The molecule has 0 N–H and O–H groups in total. The topological polar surface area (TPSA) is 3.24 Å². The lowest BCUT2D eigenvalue weighted by molar-refractivity contribution is 0.304. The smallest absolute Gasteiger partial charge is 0.00216 e. The molecule has 0 saturated heterocycles. The third kappa shape index (κ3) is 8.37. The van der Waals surface area contributed by atoms with E-state index in [9.17, 15) is 0 Å². The summed E-state index contributed by atoms with van der Waals surface area (Å²) in [5, 5.41) is 0. The number of rotatable bonds is 5. The molecule has 1 saturated carbocycles. The van der Waals surface area contributed by atoms with Crippen LogP contribution in [0.5, 0.6) is 0 Å². The first-order valence-electron chi connectivity index (χ1n) is 8.50. The molecule has 1 nitrogen and oxygen atoms in total. The summed E-state index contributed by atoms with van der Waals surface area (Å²) in [5.41, 5.74) is 2.93. The van der Waals surface area contributed by atoms with E-state index in [1.165, 1.54) is 44.5 Å². The number of hydrogen-bond acceptors (Lipinski definition) is 1. The Labute approximate surface area is 127 Å². The van der Waals surface area contributed by atoms with E-state index in [0.717, 1.165) is 5.92 Å². The first-order chi connectivity index (χ1) is 9.71. The standard InChI is InChI=1S/C10H12.C7H17N.C2H6/c1-8-3-2-4-10(7-8)9-5-6-9;1-4-7-8(5-2)6-3;1-2/h2-4,7,9H,5-6H2,1H3;4-7H2,1-3H3;1-2H3. The summed E-state index contributed by atoms with van der Waals surface area (Å²) in [7, 11) is 0. The molecule has 0 bridgehead atoms. The van der Waals surface area contributed by atoms with Crippen molar-refractivity contribution in [2.75, 3.05) is 19.6 Å². The van der Waals surface area contributed by atoms with E-state index >= 15 is 0 Å². The lowest BCUT2D eigenvalue weighted by atomic mass is 10.1. The van der Waals surface area contributed by atoms with Crippen LogP contribution in [0.3, 0.4) is 0 Å². The number of aryl methyl sites for hydroxylation is 1. The van der Waals surface area contributed by atoms with E-state index < -0.39 is 0 Å². The quantitative estimate of drug-likeness (QED) is 0.673. The van der Waals surface area contributed by atoms with Crippen LogP contribution < -0.4 is 0 Å². The summed E-state index contributed by atoms with van der Waals surface area (Å²) in [6.45, 7) is 16.4. The van der Waals surface area contributed by atoms with Gasteiger partial charge in [-0.3, -0.25) is 0 Å².